The summed E-state index contributed by atoms with van der Waals surface area (Å²) in [7, 11) is 1.46. The van der Waals surface area contributed by atoms with Gasteiger partial charge in [-0.15, -0.1) is 0 Å². The summed E-state index contributed by atoms with van der Waals surface area (Å²) in [6.45, 7) is 0. The summed E-state index contributed by atoms with van der Waals surface area (Å²) in [6.07, 6.45) is 2.47. The Kier molecular flexibility index (Phi) is 9.00. The number of carbonyl (C=O) groups excluding carboxylic acids is 4. The van der Waals surface area contributed by atoms with Gasteiger partial charge in [-0.1, -0.05) is 77.8 Å². The van der Waals surface area contributed by atoms with Crippen molar-refractivity contribution in [1.82, 2.24) is 0 Å². The number of hydrogen-bond acceptors (Lipinski definition) is 7. The Morgan fingerprint density at radius 1 is 0.768 bits per heavy atom. The Hall–Kier alpha value is -5.46. The predicted molar refractivity (Wildman–Crippen MR) is 222 cm³/mol. The fraction of sp³-hybridized carbons (Fsp3) is 0.200. The number of amides is 4. The number of anilines is 4. The van der Waals surface area contributed by atoms with Crippen LogP contribution in [0, 0.1) is 27.2 Å². The first-order valence-electron chi connectivity index (χ1n) is 18.4. The van der Waals surface area contributed by atoms with Gasteiger partial charge in [-0.25, -0.2) is 4.90 Å². The lowest BCUT2D eigenvalue weighted by Crippen LogP contribution is -2.53. The molecule has 2 heterocycles. The predicted octanol–water partition coefficient (Wildman–Crippen LogP) is 8.77. The molecule has 5 aromatic rings. The molecule has 3 fully saturated rings. The van der Waals surface area contributed by atoms with E-state index in [4.69, 9.17) is 16.3 Å². The van der Waals surface area contributed by atoms with Crippen molar-refractivity contribution in [2.45, 2.75) is 24.2 Å². The molecule has 2 aliphatic carbocycles. The molecule has 4 amide bonds. The number of carbonyl (C=O) groups is 4. The van der Waals surface area contributed by atoms with Gasteiger partial charge in [0.05, 0.1) is 45.2 Å². The Labute approximate surface area is 342 Å². The number of phenolic OH excluding ortho intramolecular Hbond substituents is 1. The second-order valence-corrected chi connectivity index (χ2v) is 16.3. The number of fused-ring (bicyclic) bond motifs is 4. The number of benzene rings is 5. The number of aromatic hydroxyl groups is 1. The fourth-order valence-electron chi connectivity index (χ4n) is 9.67. The van der Waals surface area contributed by atoms with E-state index in [1.807, 2.05) is 108 Å². The summed E-state index contributed by atoms with van der Waals surface area (Å²) >= 11 is 8.48. The third kappa shape index (κ3) is 5.48. The quantitative estimate of drug-likeness (QED) is 0.0955. The summed E-state index contributed by atoms with van der Waals surface area (Å²) in [5.74, 6) is -4.88. The molecule has 9 rings (SSSR count). The SMILES string of the molecule is COc1cc(C2C3=CCC4C(=O)N(c5ccc(Nc6ccccc6)cc5)C(=O)C4C3CC3C(=O)N(c4cccc(Cl)c4)C(=O)C32c2ccccc2)cc(I)c1O. The van der Waals surface area contributed by atoms with E-state index in [-0.39, 0.29) is 36.2 Å². The number of nitrogens with zero attached hydrogens (tertiary/aromatic N) is 2. The molecule has 4 aliphatic rings. The number of allylic oxidation sites excluding steroid dienone is 2. The average molecular weight is 876 g/mol. The van der Waals surface area contributed by atoms with E-state index in [2.05, 4.69) is 5.32 Å². The molecule has 6 unspecified atom stereocenters. The van der Waals surface area contributed by atoms with Gasteiger partial charge in [0, 0.05) is 22.3 Å². The zero-order valence-electron chi connectivity index (χ0n) is 30.1. The van der Waals surface area contributed by atoms with Crippen LogP contribution < -0.4 is 19.9 Å². The summed E-state index contributed by atoms with van der Waals surface area (Å²) in [5, 5.41) is 14.7. The lowest BCUT2D eigenvalue weighted by molar-refractivity contribution is -0.127. The maximum absolute atomic E-state index is 15.5. The first-order chi connectivity index (χ1) is 27.1. The molecule has 56 heavy (non-hydrogen) atoms. The molecule has 2 N–H and O–H groups in total. The van der Waals surface area contributed by atoms with Crippen LogP contribution >= 0.6 is 34.2 Å². The van der Waals surface area contributed by atoms with Crippen LogP contribution in [-0.2, 0) is 24.6 Å². The Morgan fingerprint density at radius 3 is 2.16 bits per heavy atom. The largest absolute Gasteiger partial charge is 0.504 e. The number of halogens is 2. The lowest BCUT2D eigenvalue weighted by atomic mass is 9.49. The molecule has 11 heteroatoms. The molecule has 9 nitrogen and oxygen atoms in total. The molecule has 6 atom stereocenters. The average Bonchev–Trinajstić information content (AvgIpc) is 3.60. The van der Waals surface area contributed by atoms with Gasteiger partial charge in [0.15, 0.2) is 11.5 Å². The van der Waals surface area contributed by atoms with Crippen molar-refractivity contribution < 1.29 is 29.0 Å². The first kappa shape index (κ1) is 36.2. The van der Waals surface area contributed by atoms with Gasteiger partial charge in [0.1, 0.15) is 0 Å². The highest BCUT2D eigenvalue weighted by atomic mass is 127. The third-order valence-corrected chi connectivity index (χ3v) is 13.0. The number of methoxy groups -OCH3 is 1. The summed E-state index contributed by atoms with van der Waals surface area (Å²) < 4.78 is 6.14. The molecule has 0 bridgehead atoms. The van der Waals surface area contributed by atoms with Gasteiger partial charge in [-0.05, 0) is 119 Å². The van der Waals surface area contributed by atoms with E-state index in [0.29, 0.717) is 31.1 Å². The highest BCUT2D eigenvalue weighted by Crippen LogP contribution is 2.65. The van der Waals surface area contributed by atoms with Crippen LogP contribution in [-0.4, -0.2) is 35.8 Å². The second kappa shape index (κ2) is 13.9. The van der Waals surface area contributed by atoms with Crippen molar-refractivity contribution in [2.75, 3.05) is 22.2 Å². The van der Waals surface area contributed by atoms with Crippen LogP contribution in [0.15, 0.2) is 133 Å². The first-order valence-corrected chi connectivity index (χ1v) is 19.8. The molecule has 280 valence electrons. The minimum absolute atomic E-state index is 0.0428. The number of hydrogen-bond donors (Lipinski definition) is 2. The molecule has 5 aromatic carbocycles. The molecular weight excluding hydrogens is 841 g/mol. The van der Waals surface area contributed by atoms with Gasteiger partial charge < -0.3 is 15.2 Å². The van der Waals surface area contributed by atoms with Gasteiger partial charge in [-0.3, -0.25) is 24.1 Å². The maximum Gasteiger partial charge on any atom is 0.246 e. The van der Waals surface area contributed by atoms with Crippen LogP contribution in [0.1, 0.15) is 29.9 Å². The molecular formula is C45H35ClIN3O6. The van der Waals surface area contributed by atoms with Crippen LogP contribution in [0.5, 0.6) is 11.5 Å². The van der Waals surface area contributed by atoms with Crippen LogP contribution in [0.25, 0.3) is 0 Å². The number of ether oxygens (including phenoxy) is 1. The summed E-state index contributed by atoms with van der Waals surface area (Å²) in [6, 6.07) is 36.5. The molecule has 0 aromatic heterocycles. The summed E-state index contributed by atoms with van der Waals surface area (Å²) in [5.41, 5.74) is 3.21. The fourth-order valence-corrected chi connectivity index (χ4v) is 10.5. The standard InChI is InChI=1S/C45H35ClIN3O6/c1-56-37-22-25(21-36(47)40(37)51)39-32-19-20-33-38(43(54)49(41(33)52)30-17-15-29(16-18-30)48-28-12-6-3-7-13-28)34(32)24-35-42(53)50(31-14-8-11-27(46)23-31)44(55)45(35,39)26-9-4-2-5-10-26/h2-19,21-23,33-35,38-39,48,51H,20,24H2,1H3. The Balaban J connectivity index is 1.19. The highest BCUT2D eigenvalue weighted by Gasteiger charge is 2.70. The maximum atomic E-state index is 15.5. The number of para-hydroxylation sites is 1. The number of nitrogens with one attached hydrogen (secondary N) is 1. The molecule has 0 radical (unpaired) electrons. The lowest BCUT2D eigenvalue weighted by Gasteiger charge is -2.50. The number of rotatable bonds is 7. The Morgan fingerprint density at radius 2 is 1.46 bits per heavy atom. The number of phenols is 1. The van der Waals surface area contributed by atoms with Crippen molar-refractivity contribution >= 4 is 80.6 Å². The second-order valence-electron chi connectivity index (χ2n) is 14.7. The van der Waals surface area contributed by atoms with Crippen LogP contribution in [0.4, 0.5) is 22.7 Å². The normalized spacial score (nSPS) is 25.4. The van der Waals surface area contributed by atoms with E-state index < -0.39 is 46.8 Å². The van der Waals surface area contributed by atoms with E-state index in [0.717, 1.165) is 16.9 Å². The van der Waals surface area contributed by atoms with Crippen molar-refractivity contribution in [3.63, 3.8) is 0 Å². The van der Waals surface area contributed by atoms with Crippen molar-refractivity contribution in [3.05, 3.63) is 153 Å². The van der Waals surface area contributed by atoms with Gasteiger partial charge in [0.2, 0.25) is 23.6 Å². The zero-order chi connectivity index (χ0) is 38.9. The topological polar surface area (TPSA) is 116 Å². The number of imide groups is 2. The molecule has 2 aliphatic heterocycles. The third-order valence-electron chi connectivity index (χ3n) is 12.0. The van der Waals surface area contributed by atoms with Gasteiger partial charge >= 0.3 is 0 Å². The van der Waals surface area contributed by atoms with E-state index in [1.54, 1.807) is 42.5 Å². The monoisotopic (exact) mass is 875 g/mol. The Bertz CT molecular complexity index is 2460. The van der Waals surface area contributed by atoms with E-state index >= 15 is 9.59 Å². The van der Waals surface area contributed by atoms with Gasteiger partial charge in [-0.2, -0.15) is 0 Å². The van der Waals surface area contributed by atoms with Crippen molar-refractivity contribution in [1.29, 1.82) is 0 Å². The van der Waals surface area contributed by atoms with Crippen LogP contribution in [0.2, 0.25) is 5.02 Å². The van der Waals surface area contributed by atoms with E-state index in [9.17, 15) is 14.7 Å². The zero-order valence-corrected chi connectivity index (χ0v) is 33.0. The minimum Gasteiger partial charge on any atom is -0.504 e. The van der Waals surface area contributed by atoms with Crippen molar-refractivity contribution in [2.24, 2.45) is 23.7 Å². The van der Waals surface area contributed by atoms with E-state index in [1.165, 1.54) is 16.9 Å². The van der Waals surface area contributed by atoms with Crippen molar-refractivity contribution in [3.8, 4) is 11.5 Å². The molecule has 2 saturated heterocycles. The smallest absolute Gasteiger partial charge is 0.246 e. The minimum atomic E-state index is -1.45. The van der Waals surface area contributed by atoms with Gasteiger partial charge in [0.25, 0.3) is 0 Å². The summed E-state index contributed by atoms with van der Waals surface area (Å²) in [4.78, 5) is 62.1. The highest BCUT2D eigenvalue weighted by molar-refractivity contribution is 14.1. The molecule has 0 spiro atoms. The van der Waals surface area contributed by atoms with Crippen LogP contribution in [0.3, 0.4) is 0 Å². The molecule has 1 saturated carbocycles.